The monoisotopic (exact) mass is 282 g/mol. The molecule has 0 saturated carbocycles. The summed E-state index contributed by atoms with van der Waals surface area (Å²) < 4.78 is 22.8. The van der Waals surface area contributed by atoms with E-state index in [4.69, 9.17) is 0 Å². The number of nitrogens with zero attached hydrogens (tertiary/aromatic N) is 1. The summed E-state index contributed by atoms with van der Waals surface area (Å²) in [5.74, 6) is 0.227. The number of nitrogens with one attached hydrogen (secondary N) is 1. The van der Waals surface area contributed by atoms with Gasteiger partial charge in [0, 0.05) is 18.8 Å². The molecule has 6 heteroatoms. The molecule has 0 aromatic heterocycles. The molecule has 1 aliphatic heterocycles. The number of anilines is 1. The van der Waals surface area contributed by atoms with Crippen LogP contribution < -0.4 is 5.32 Å². The lowest BCUT2D eigenvalue weighted by atomic mass is 10.2. The largest absolute Gasteiger partial charge is 0.324 e. The van der Waals surface area contributed by atoms with Gasteiger partial charge in [0.15, 0.2) is 9.84 Å². The second kappa shape index (κ2) is 5.21. The summed E-state index contributed by atoms with van der Waals surface area (Å²) >= 11 is 0. The number of benzene rings is 1. The maximum absolute atomic E-state index is 12.0. The molecule has 1 saturated heterocycles. The van der Waals surface area contributed by atoms with Crippen molar-refractivity contribution in [3.05, 3.63) is 29.8 Å². The second-order valence-corrected chi connectivity index (χ2v) is 7.20. The molecule has 0 radical (unpaired) electrons. The summed E-state index contributed by atoms with van der Waals surface area (Å²) in [4.78, 5) is 13.5. The Balaban J connectivity index is 2.00. The van der Waals surface area contributed by atoms with Crippen molar-refractivity contribution in [2.75, 3.05) is 23.9 Å². The van der Waals surface area contributed by atoms with Gasteiger partial charge in [-0.15, -0.1) is 0 Å². The van der Waals surface area contributed by atoms with Crippen LogP contribution in [0.2, 0.25) is 0 Å². The van der Waals surface area contributed by atoms with Gasteiger partial charge in [-0.3, -0.25) is 0 Å². The minimum Gasteiger partial charge on any atom is -0.324 e. The molecule has 19 heavy (non-hydrogen) atoms. The lowest BCUT2D eigenvalue weighted by Gasteiger charge is -2.23. The Hall–Kier alpha value is -1.56. The summed E-state index contributed by atoms with van der Waals surface area (Å²) in [6.07, 6.45) is 0.514. The highest BCUT2D eigenvalue weighted by Crippen LogP contribution is 2.18. The Kier molecular flexibility index (Phi) is 3.80. The van der Waals surface area contributed by atoms with Crippen molar-refractivity contribution in [3.8, 4) is 0 Å². The van der Waals surface area contributed by atoms with E-state index >= 15 is 0 Å². The van der Waals surface area contributed by atoms with Gasteiger partial charge in [0.25, 0.3) is 0 Å². The van der Waals surface area contributed by atoms with Crippen molar-refractivity contribution in [1.29, 1.82) is 0 Å². The average molecular weight is 282 g/mol. The van der Waals surface area contributed by atoms with Gasteiger partial charge in [0.05, 0.1) is 11.5 Å². The van der Waals surface area contributed by atoms with E-state index in [1.807, 2.05) is 31.2 Å². The van der Waals surface area contributed by atoms with Crippen molar-refractivity contribution < 1.29 is 13.2 Å². The van der Waals surface area contributed by atoms with Crippen LogP contribution in [0.15, 0.2) is 24.3 Å². The summed E-state index contributed by atoms with van der Waals surface area (Å²) in [7, 11) is -1.34. The van der Waals surface area contributed by atoms with Gasteiger partial charge in [-0.05, 0) is 31.0 Å². The highest BCUT2D eigenvalue weighted by Gasteiger charge is 2.32. The number of hydrogen-bond acceptors (Lipinski definition) is 3. The summed E-state index contributed by atoms with van der Waals surface area (Å²) in [5, 5.41) is 2.78. The van der Waals surface area contributed by atoms with Crippen molar-refractivity contribution in [2.45, 2.75) is 19.4 Å². The predicted octanol–water partition coefficient (Wildman–Crippen LogP) is 1.65. The van der Waals surface area contributed by atoms with Crippen LogP contribution in [-0.4, -0.2) is 43.9 Å². The van der Waals surface area contributed by atoms with Crippen LogP contribution in [0, 0.1) is 6.92 Å². The number of amides is 2. The van der Waals surface area contributed by atoms with Crippen LogP contribution in [-0.2, 0) is 9.84 Å². The van der Waals surface area contributed by atoms with E-state index < -0.39 is 9.84 Å². The van der Waals surface area contributed by atoms with E-state index in [1.54, 1.807) is 7.05 Å². The molecular formula is C13H18N2O3S. The fourth-order valence-corrected chi connectivity index (χ4v) is 3.96. The molecule has 0 aliphatic carbocycles. The number of aryl methyl sites for hydroxylation is 1. The van der Waals surface area contributed by atoms with E-state index in [0.717, 1.165) is 11.3 Å². The van der Waals surface area contributed by atoms with Crippen LogP contribution >= 0.6 is 0 Å². The first-order chi connectivity index (χ1) is 8.87. The summed E-state index contributed by atoms with van der Waals surface area (Å²) in [5.41, 5.74) is 1.78. The average Bonchev–Trinajstić information content (AvgIpc) is 2.68. The van der Waals surface area contributed by atoms with Gasteiger partial charge in [-0.25, -0.2) is 13.2 Å². The van der Waals surface area contributed by atoms with Crippen molar-refractivity contribution in [1.82, 2.24) is 4.90 Å². The molecule has 1 N–H and O–H groups in total. The van der Waals surface area contributed by atoms with Crippen molar-refractivity contribution in [3.63, 3.8) is 0 Å². The zero-order valence-electron chi connectivity index (χ0n) is 11.1. The standard InChI is InChI=1S/C13H18N2O3S/c1-10-4-3-5-11(8-10)14-13(16)15(2)12-6-7-19(17,18)9-12/h3-5,8,12H,6-7,9H2,1-2H3,(H,14,16)/t12-/m0/s1. The van der Waals surface area contributed by atoms with Gasteiger partial charge in [0.1, 0.15) is 0 Å². The molecule has 0 unspecified atom stereocenters. The first-order valence-corrected chi connectivity index (χ1v) is 8.00. The molecule has 1 fully saturated rings. The van der Waals surface area contributed by atoms with Gasteiger partial charge < -0.3 is 10.2 Å². The Labute approximate surface area is 113 Å². The molecule has 2 amide bonds. The molecule has 104 valence electrons. The third kappa shape index (κ3) is 3.47. The molecular weight excluding hydrogens is 264 g/mol. The first kappa shape index (κ1) is 13.9. The maximum atomic E-state index is 12.0. The predicted molar refractivity (Wildman–Crippen MR) is 75.0 cm³/mol. The van der Waals surface area contributed by atoms with Crippen LogP contribution in [0.3, 0.4) is 0 Å². The number of carbonyl (C=O) groups is 1. The molecule has 0 bridgehead atoms. The van der Waals surface area contributed by atoms with Crippen LogP contribution in [0.4, 0.5) is 10.5 Å². The fourth-order valence-electron chi connectivity index (χ4n) is 2.18. The van der Waals surface area contributed by atoms with Gasteiger partial charge in [-0.1, -0.05) is 12.1 Å². The highest BCUT2D eigenvalue weighted by molar-refractivity contribution is 7.91. The van der Waals surface area contributed by atoms with Gasteiger partial charge in [0.2, 0.25) is 0 Å². The molecule has 1 atom stereocenters. The quantitative estimate of drug-likeness (QED) is 0.897. The molecule has 1 aromatic rings. The second-order valence-electron chi connectivity index (χ2n) is 4.97. The van der Waals surface area contributed by atoms with E-state index in [9.17, 15) is 13.2 Å². The number of rotatable bonds is 2. The lowest BCUT2D eigenvalue weighted by molar-refractivity contribution is 0.209. The Bertz CT molecular complexity index is 583. The van der Waals surface area contributed by atoms with Crippen molar-refractivity contribution in [2.24, 2.45) is 0 Å². The molecule has 1 aliphatic rings. The molecule has 5 nitrogen and oxygen atoms in total. The Morgan fingerprint density at radius 2 is 2.16 bits per heavy atom. The Morgan fingerprint density at radius 3 is 2.74 bits per heavy atom. The van der Waals surface area contributed by atoms with Crippen LogP contribution in [0.1, 0.15) is 12.0 Å². The van der Waals surface area contributed by atoms with Gasteiger partial charge >= 0.3 is 6.03 Å². The van der Waals surface area contributed by atoms with E-state index in [-0.39, 0.29) is 23.6 Å². The maximum Gasteiger partial charge on any atom is 0.321 e. The normalized spacial score (nSPS) is 21.1. The summed E-state index contributed by atoms with van der Waals surface area (Å²) in [6.45, 7) is 1.95. The number of urea groups is 1. The fraction of sp³-hybridized carbons (Fsp3) is 0.462. The SMILES string of the molecule is Cc1cccc(NC(=O)N(C)[C@H]2CCS(=O)(=O)C2)c1. The van der Waals surface area contributed by atoms with Crippen molar-refractivity contribution >= 4 is 21.6 Å². The minimum absolute atomic E-state index is 0.0603. The first-order valence-electron chi connectivity index (χ1n) is 6.18. The molecule has 0 spiro atoms. The Morgan fingerprint density at radius 1 is 1.42 bits per heavy atom. The van der Waals surface area contributed by atoms with E-state index in [2.05, 4.69) is 5.32 Å². The third-order valence-electron chi connectivity index (χ3n) is 3.35. The highest BCUT2D eigenvalue weighted by atomic mass is 32.2. The smallest absolute Gasteiger partial charge is 0.321 e. The molecule has 1 aromatic carbocycles. The van der Waals surface area contributed by atoms with Crippen LogP contribution in [0.5, 0.6) is 0 Å². The van der Waals surface area contributed by atoms with E-state index in [0.29, 0.717) is 6.42 Å². The lowest BCUT2D eigenvalue weighted by Crippen LogP contribution is -2.40. The summed E-state index contributed by atoms with van der Waals surface area (Å²) in [6, 6.07) is 7.00. The minimum atomic E-state index is -2.98. The van der Waals surface area contributed by atoms with Crippen LogP contribution in [0.25, 0.3) is 0 Å². The third-order valence-corrected chi connectivity index (χ3v) is 5.10. The number of sulfone groups is 1. The zero-order chi connectivity index (χ0) is 14.0. The van der Waals surface area contributed by atoms with E-state index in [1.165, 1.54) is 4.90 Å². The zero-order valence-corrected chi connectivity index (χ0v) is 11.9. The molecule has 1 heterocycles. The number of carbonyl (C=O) groups excluding carboxylic acids is 1. The topological polar surface area (TPSA) is 66.5 Å². The molecule has 2 rings (SSSR count). The van der Waals surface area contributed by atoms with Gasteiger partial charge in [-0.2, -0.15) is 0 Å². The number of hydrogen-bond donors (Lipinski definition) is 1.